The van der Waals surface area contributed by atoms with Crippen molar-refractivity contribution >= 4 is 11.9 Å². The lowest BCUT2D eigenvalue weighted by atomic mass is 10.4. The summed E-state index contributed by atoms with van der Waals surface area (Å²) in [6.45, 7) is 0.633. The first-order chi connectivity index (χ1) is 6.41. The number of rotatable bonds is 7. The van der Waals surface area contributed by atoms with Crippen LogP contribution in [0.4, 0.5) is 0 Å². The molecule has 6 nitrogen and oxygen atoms in total. The molecule has 0 unspecified atom stereocenters. The van der Waals surface area contributed by atoms with Crippen molar-refractivity contribution in [3.8, 4) is 0 Å². The zero-order chi connectivity index (χ0) is 11.1. The van der Waals surface area contributed by atoms with Gasteiger partial charge in [0.15, 0.2) is 0 Å². The fourth-order valence-electron chi connectivity index (χ4n) is 0.940. The normalized spacial score (nSPS) is 10.9. The van der Waals surface area contributed by atoms with Gasteiger partial charge >= 0.3 is 0 Å². The van der Waals surface area contributed by atoms with Crippen LogP contribution in [0.15, 0.2) is 0 Å². The Morgan fingerprint density at radius 3 is 1.43 bits per heavy atom. The van der Waals surface area contributed by atoms with E-state index in [0.717, 1.165) is 0 Å². The topological polar surface area (TPSA) is 86.7 Å². The Kier molecular flexibility index (Phi) is 5.82. The Labute approximate surface area is 82.7 Å². The number of carbonyl (C=O) groups excluding carboxylic acids is 2. The summed E-state index contributed by atoms with van der Waals surface area (Å²) in [7, 11) is 3.26. The predicted molar refractivity (Wildman–Crippen MR) is 45.0 cm³/mol. The van der Waals surface area contributed by atoms with Gasteiger partial charge in [0, 0.05) is 26.2 Å². The average molecular weight is 202 g/mol. The Morgan fingerprint density at radius 1 is 0.929 bits per heavy atom. The number of aliphatic carboxylic acids is 2. The summed E-state index contributed by atoms with van der Waals surface area (Å²) in [5, 5.41) is 20.3. The molecule has 0 heterocycles. The van der Waals surface area contributed by atoms with Crippen LogP contribution in [0.25, 0.3) is 0 Å². The first-order valence-electron chi connectivity index (χ1n) is 4.18. The second-order valence-corrected chi connectivity index (χ2v) is 3.22. The molecule has 0 aromatic carbocycles. The van der Waals surface area contributed by atoms with E-state index in [9.17, 15) is 19.8 Å². The molecule has 0 radical (unpaired) electrons. The summed E-state index contributed by atoms with van der Waals surface area (Å²) in [6, 6.07) is 0. The minimum absolute atomic E-state index is 0.154. The molecule has 0 aromatic rings. The molecular weight excluding hydrogens is 188 g/mol. The largest absolute Gasteiger partial charge is 0.549 e. The molecular formula is C8H14N2O4-2. The molecule has 82 valence electrons. The van der Waals surface area contributed by atoms with E-state index < -0.39 is 11.9 Å². The van der Waals surface area contributed by atoms with Crippen LogP contribution in [-0.4, -0.2) is 62.0 Å². The molecule has 0 atom stereocenters. The van der Waals surface area contributed by atoms with Crippen LogP contribution in [0.1, 0.15) is 0 Å². The molecule has 0 saturated carbocycles. The van der Waals surface area contributed by atoms with Crippen LogP contribution >= 0.6 is 0 Å². The van der Waals surface area contributed by atoms with Crippen molar-refractivity contribution in [1.29, 1.82) is 0 Å². The van der Waals surface area contributed by atoms with E-state index in [2.05, 4.69) is 0 Å². The third kappa shape index (κ3) is 7.51. The van der Waals surface area contributed by atoms with Crippen LogP contribution in [0.3, 0.4) is 0 Å². The number of carboxylic acids is 2. The van der Waals surface area contributed by atoms with Crippen LogP contribution in [0.5, 0.6) is 0 Å². The molecule has 0 bridgehead atoms. The first kappa shape index (κ1) is 12.9. The van der Waals surface area contributed by atoms with Gasteiger partial charge in [-0.05, 0) is 14.1 Å². The summed E-state index contributed by atoms with van der Waals surface area (Å²) >= 11 is 0. The van der Waals surface area contributed by atoms with Gasteiger partial charge in [-0.1, -0.05) is 0 Å². The fourth-order valence-corrected chi connectivity index (χ4v) is 0.940. The van der Waals surface area contributed by atoms with Gasteiger partial charge in [0.2, 0.25) is 0 Å². The number of hydrogen-bond acceptors (Lipinski definition) is 6. The van der Waals surface area contributed by atoms with Gasteiger partial charge in [-0.25, -0.2) is 0 Å². The molecule has 0 fully saturated rings. The molecule has 0 amide bonds. The molecule has 0 saturated heterocycles. The summed E-state index contributed by atoms with van der Waals surface area (Å²) in [5.74, 6) is -2.29. The van der Waals surface area contributed by atoms with E-state index in [0.29, 0.717) is 13.1 Å². The molecule has 0 aliphatic rings. The van der Waals surface area contributed by atoms with Gasteiger partial charge in [-0.2, -0.15) is 0 Å². The number of hydrogen-bond donors (Lipinski definition) is 0. The average Bonchev–Trinajstić information content (AvgIpc) is 1.98. The van der Waals surface area contributed by atoms with E-state index in [1.54, 1.807) is 23.9 Å². The highest BCUT2D eigenvalue weighted by molar-refractivity contribution is 5.67. The summed E-state index contributed by atoms with van der Waals surface area (Å²) in [4.78, 5) is 23.4. The van der Waals surface area contributed by atoms with Crippen LogP contribution < -0.4 is 10.2 Å². The highest BCUT2D eigenvalue weighted by Gasteiger charge is 2.02. The lowest BCUT2D eigenvalue weighted by molar-refractivity contribution is -0.308. The lowest BCUT2D eigenvalue weighted by Gasteiger charge is -2.22. The van der Waals surface area contributed by atoms with Crippen molar-refractivity contribution in [3.63, 3.8) is 0 Å². The van der Waals surface area contributed by atoms with Gasteiger partial charge in [0.05, 0.1) is 11.9 Å². The van der Waals surface area contributed by atoms with Gasteiger partial charge in [-0.3, -0.25) is 9.80 Å². The van der Waals surface area contributed by atoms with E-state index in [4.69, 9.17) is 0 Å². The van der Waals surface area contributed by atoms with Crippen molar-refractivity contribution in [2.24, 2.45) is 0 Å². The highest BCUT2D eigenvalue weighted by Crippen LogP contribution is 1.85. The summed E-state index contributed by atoms with van der Waals surface area (Å²) < 4.78 is 0. The second kappa shape index (κ2) is 6.33. The minimum Gasteiger partial charge on any atom is -0.549 e. The number of likely N-dealkylation sites (N-methyl/N-ethyl adjacent to an activating group) is 2. The van der Waals surface area contributed by atoms with E-state index in [1.807, 2.05) is 0 Å². The first-order valence-corrected chi connectivity index (χ1v) is 4.18. The summed E-state index contributed by atoms with van der Waals surface area (Å²) in [6.07, 6.45) is 0. The monoisotopic (exact) mass is 202 g/mol. The fraction of sp³-hybridized carbons (Fsp3) is 0.750. The van der Waals surface area contributed by atoms with E-state index in [-0.39, 0.29) is 13.1 Å². The van der Waals surface area contributed by atoms with Gasteiger partial charge in [0.1, 0.15) is 0 Å². The van der Waals surface area contributed by atoms with Gasteiger partial charge < -0.3 is 19.8 Å². The van der Waals surface area contributed by atoms with Crippen LogP contribution in [0.2, 0.25) is 0 Å². The Bertz CT molecular complexity index is 186. The SMILES string of the molecule is CN(CCN(C)CC(=O)[O-])CC(=O)[O-]. The van der Waals surface area contributed by atoms with Crippen molar-refractivity contribution in [2.45, 2.75) is 0 Å². The van der Waals surface area contributed by atoms with Crippen molar-refractivity contribution in [1.82, 2.24) is 9.80 Å². The maximum atomic E-state index is 10.2. The van der Waals surface area contributed by atoms with Gasteiger partial charge in [-0.15, -0.1) is 0 Å². The standard InChI is InChI=1S/C8H16N2O4/c1-9(5-7(11)12)3-4-10(2)6-8(13)14/h3-6H2,1-2H3,(H,11,12)(H,13,14)/p-2. The number of carboxylic acid groups (broad SMARTS) is 2. The van der Waals surface area contributed by atoms with Crippen molar-refractivity contribution in [2.75, 3.05) is 40.3 Å². The molecule has 0 spiro atoms. The zero-order valence-corrected chi connectivity index (χ0v) is 8.36. The van der Waals surface area contributed by atoms with E-state index >= 15 is 0 Å². The highest BCUT2D eigenvalue weighted by atomic mass is 16.4. The Hall–Kier alpha value is -1.14. The third-order valence-corrected chi connectivity index (χ3v) is 1.66. The number of carbonyl (C=O) groups is 2. The molecule has 6 heteroatoms. The maximum Gasteiger partial charge on any atom is 0.0554 e. The lowest BCUT2D eigenvalue weighted by Crippen LogP contribution is -2.42. The number of nitrogens with zero attached hydrogens (tertiary/aromatic N) is 2. The quantitative estimate of drug-likeness (QED) is 0.423. The zero-order valence-electron chi connectivity index (χ0n) is 8.36. The molecule has 0 N–H and O–H groups in total. The molecule has 0 rings (SSSR count). The Morgan fingerprint density at radius 2 is 1.21 bits per heavy atom. The third-order valence-electron chi connectivity index (χ3n) is 1.66. The summed E-state index contributed by atoms with van der Waals surface area (Å²) in [5.41, 5.74) is 0. The van der Waals surface area contributed by atoms with Crippen molar-refractivity contribution < 1.29 is 19.8 Å². The van der Waals surface area contributed by atoms with Crippen LogP contribution in [-0.2, 0) is 9.59 Å². The maximum absolute atomic E-state index is 10.2. The predicted octanol–water partition coefficient (Wildman–Crippen LogP) is -3.65. The molecule has 0 aromatic heterocycles. The minimum atomic E-state index is -1.14. The van der Waals surface area contributed by atoms with Crippen molar-refractivity contribution in [3.05, 3.63) is 0 Å². The van der Waals surface area contributed by atoms with Gasteiger partial charge in [0.25, 0.3) is 0 Å². The molecule has 0 aliphatic heterocycles. The van der Waals surface area contributed by atoms with E-state index in [1.165, 1.54) is 0 Å². The molecule has 14 heavy (non-hydrogen) atoms. The smallest absolute Gasteiger partial charge is 0.0554 e. The Balaban J connectivity index is 3.60. The van der Waals surface area contributed by atoms with Crippen LogP contribution in [0, 0.1) is 0 Å². The second-order valence-electron chi connectivity index (χ2n) is 3.22. The molecule has 0 aliphatic carbocycles.